The van der Waals surface area contributed by atoms with Crippen LogP contribution in [0.15, 0.2) is 53.4 Å². The topological polar surface area (TPSA) is 62.7 Å². The van der Waals surface area contributed by atoms with Crippen LogP contribution in [0, 0.1) is 18.6 Å². The number of aryl methyl sites for hydroxylation is 2. The van der Waals surface area contributed by atoms with Crippen molar-refractivity contribution in [2.45, 2.75) is 25.3 Å². The highest BCUT2D eigenvalue weighted by Crippen LogP contribution is 2.18. The summed E-state index contributed by atoms with van der Waals surface area (Å²) in [6.45, 7) is 4.85. The third-order valence-electron chi connectivity index (χ3n) is 4.08. The van der Waals surface area contributed by atoms with E-state index in [1.165, 1.54) is 16.0 Å². The molecule has 0 saturated heterocycles. The lowest BCUT2D eigenvalue weighted by molar-refractivity contribution is -0.121. The number of aromatic amines is 1. The summed E-state index contributed by atoms with van der Waals surface area (Å²) in [5, 5.41) is 10.0. The van der Waals surface area contributed by atoms with Gasteiger partial charge in [0, 0.05) is 22.8 Å². The molecule has 0 aliphatic heterocycles. The molecule has 0 radical (unpaired) electrons. The predicted molar refractivity (Wildman–Crippen MR) is 112 cm³/mol. The number of benzene rings is 2. The number of hydrogen-bond acceptors (Lipinski definition) is 4. The lowest BCUT2D eigenvalue weighted by Crippen LogP contribution is -2.29. The van der Waals surface area contributed by atoms with E-state index >= 15 is 0 Å². The maximum atomic E-state index is 12.3. The average Bonchev–Trinajstić information content (AvgIpc) is 3.01. The number of amides is 1. The molecule has 0 aliphatic rings. The van der Waals surface area contributed by atoms with E-state index in [0.29, 0.717) is 17.1 Å². The molecule has 0 aliphatic carbocycles. The molecule has 0 fully saturated rings. The summed E-state index contributed by atoms with van der Waals surface area (Å²) in [6, 6.07) is 16.4. The number of thioether (sulfide) groups is 1. The monoisotopic (exact) mass is 398 g/mol. The normalized spacial score (nSPS) is 10.7. The van der Waals surface area contributed by atoms with Gasteiger partial charge in [0.1, 0.15) is 6.54 Å². The van der Waals surface area contributed by atoms with E-state index in [2.05, 4.69) is 46.7 Å². The van der Waals surface area contributed by atoms with Gasteiger partial charge in [-0.05, 0) is 38.2 Å². The third-order valence-corrected chi connectivity index (χ3v) is 5.41. The fourth-order valence-corrected chi connectivity index (χ4v) is 3.55. The van der Waals surface area contributed by atoms with Gasteiger partial charge in [0.15, 0.2) is 10.6 Å². The van der Waals surface area contributed by atoms with Crippen LogP contribution in [-0.4, -0.2) is 33.0 Å². The molecule has 1 heterocycles. The molecule has 3 aromatic rings. The number of hydrogen-bond donors (Lipinski definition) is 2. The van der Waals surface area contributed by atoms with Gasteiger partial charge in [0.05, 0.1) is 0 Å². The average molecular weight is 399 g/mol. The molecular formula is C20H22N4OS2. The van der Waals surface area contributed by atoms with E-state index in [-0.39, 0.29) is 12.5 Å². The Kier molecular flexibility index (Phi) is 6.47. The minimum Gasteiger partial charge on any atom is -0.354 e. The van der Waals surface area contributed by atoms with Crippen molar-refractivity contribution in [3.05, 3.63) is 64.4 Å². The highest BCUT2D eigenvalue weighted by Gasteiger charge is 2.12. The van der Waals surface area contributed by atoms with Gasteiger partial charge in [-0.3, -0.25) is 14.5 Å². The number of rotatable bonds is 7. The predicted octanol–water partition coefficient (Wildman–Crippen LogP) is 4.13. The number of carbonyl (C=O) groups excluding carboxylic acids is 1. The van der Waals surface area contributed by atoms with Gasteiger partial charge < -0.3 is 5.32 Å². The summed E-state index contributed by atoms with van der Waals surface area (Å²) in [5.41, 5.74) is 3.34. The van der Waals surface area contributed by atoms with Gasteiger partial charge in [-0.1, -0.05) is 47.5 Å². The quantitative estimate of drug-likeness (QED) is 0.357. The number of nitrogens with one attached hydrogen (secondary N) is 2. The van der Waals surface area contributed by atoms with Gasteiger partial charge in [-0.15, -0.1) is 11.8 Å². The molecule has 140 valence electrons. The van der Waals surface area contributed by atoms with Crippen LogP contribution in [0.5, 0.6) is 0 Å². The van der Waals surface area contributed by atoms with Crippen LogP contribution in [0.25, 0.3) is 11.4 Å². The van der Waals surface area contributed by atoms with Crippen molar-refractivity contribution >= 4 is 29.9 Å². The Morgan fingerprint density at radius 3 is 2.41 bits per heavy atom. The highest BCUT2D eigenvalue weighted by molar-refractivity contribution is 7.99. The summed E-state index contributed by atoms with van der Waals surface area (Å²) >= 11 is 7.01. The fourth-order valence-electron chi connectivity index (χ4n) is 2.58. The first-order chi connectivity index (χ1) is 13.0. The maximum Gasteiger partial charge on any atom is 0.240 e. The van der Waals surface area contributed by atoms with Gasteiger partial charge in [0.2, 0.25) is 5.91 Å². The van der Waals surface area contributed by atoms with E-state index in [1.807, 2.05) is 31.2 Å². The van der Waals surface area contributed by atoms with Gasteiger partial charge >= 0.3 is 0 Å². The number of H-pyrrole nitrogens is 1. The van der Waals surface area contributed by atoms with E-state index < -0.39 is 0 Å². The van der Waals surface area contributed by atoms with E-state index in [9.17, 15) is 4.79 Å². The smallest absolute Gasteiger partial charge is 0.240 e. The third kappa shape index (κ3) is 5.30. The Morgan fingerprint density at radius 1 is 1.11 bits per heavy atom. The Balaban J connectivity index is 1.55. The van der Waals surface area contributed by atoms with Crippen molar-refractivity contribution in [3.8, 4) is 11.4 Å². The standard InChI is InChI=1S/C20H22N4OS2/c1-14-3-7-16(8-4-14)19-22-23-20(26)24(19)13-18(25)21-11-12-27-17-9-5-15(2)6-10-17/h3-10H,11-13H2,1-2H3,(H,21,25)(H,23,26). The van der Waals surface area contributed by atoms with E-state index in [1.54, 1.807) is 16.3 Å². The lowest BCUT2D eigenvalue weighted by Gasteiger charge is -2.08. The minimum atomic E-state index is -0.0784. The van der Waals surface area contributed by atoms with Crippen molar-refractivity contribution in [2.24, 2.45) is 0 Å². The molecule has 2 aromatic carbocycles. The lowest BCUT2D eigenvalue weighted by atomic mass is 10.1. The van der Waals surface area contributed by atoms with Crippen LogP contribution >= 0.6 is 24.0 Å². The SMILES string of the molecule is Cc1ccc(SCCNC(=O)Cn2c(-c3ccc(C)cc3)n[nH]c2=S)cc1. The molecule has 1 amide bonds. The number of nitrogens with zero attached hydrogens (tertiary/aromatic N) is 2. The largest absolute Gasteiger partial charge is 0.354 e. The van der Waals surface area contributed by atoms with Crippen LogP contribution < -0.4 is 5.32 Å². The van der Waals surface area contributed by atoms with Gasteiger partial charge in [-0.2, -0.15) is 5.10 Å². The van der Waals surface area contributed by atoms with E-state index in [4.69, 9.17) is 12.2 Å². The Hall–Kier alpha value is -2.38. The van der Waals surface area contributed by atoms with Crippen LogP contribution in [0.3, 0.4) is 0 Å². The van der Waals surface area contributed by atoms with Gasteiger partial charge in [-0.25, -0.2) is 0 Å². The summed E-state index contributed by atoms with van der Waals surface area (Å²) in [7, 11) is 0. The summed E-state index contributed by atoms with van der Waals surface area (Å²) in [6.07, 6.45) is 0. The molecule has 3 rings (SSSR count). The Bertz CT molecular complexity index is 959. The molecule has 0 unspecified atom stereocenters. The Labute approximate surface area is 168 Å². The first-order valence-electron chi connectivity index (χ1n) is 8.71. The second-order valence-corrected chi connectivity index (χ2v) is 7.87. The number of carbonyl (C=O) groups is 1. The fraction of sp³-hybridized carbons (Fsp3) is 0.250. The van der Waals surface area contributed by atoms with E-state index in [0.717, 1.165) is 11.3 Å². The van der Waals surface area contributed by atoms with Crippen LogP contribution in [0.4, 0.5) is 0 Å². The van der Waals surface area contributed by atoms with Crippen LogP contribution in [0.2, 0.25) is 0 Å². The molecular weight excluding hydrogens is 376 g/mol. The van der Waals surface area contributed by atoms with Crippen molar-refractivity contribution < 1.29 is 4.79 Å². The molecule has 0 bridgehead atoms. The summed E-state index contributed by atoms with van der Waals surface area (Å²) in [4.78, 5) is 13.5. The van der Waals surface area contributed by atoms with Gasteiger partial charge in [0.25, 0.3) is 0 Å². The second-order valence-electron chi connectivity index (χ2n) is 6.32. The molecule has 0 saturated carbocycles. The Morgan fingerprint density at radius 2 is 1.74 bits per heavy atom. The molecule has 0 atom stereocenters. The summed E-state index contributed by atoms with van der Waals surface area (Å²) in [5.74, 6) is 1.41. The maximum absolute atomic E-state index is 12.3. The van der Waals surface area contributed by atoms with Crippen molar-refractivity contribution in [1.82, 2.24) is 20.1 Å². The molecule has 2 N–H and O–H groups in total. The zero-order chi connectivity index (χ0) is 19.2. The first-order valence-corrected chi connectivity index (χ1v) is 10.1. The number of aromatic nitrogens is 3. The molecule has 27 heavy (non-hydrogen) atoms. The zero-order valence-corrected chi connectivity index (χ0v) is 17.0. The van der Waals surface area contributed by atoms with Crippen molar-refractivity contribution in [1.29, 1.82) is 0 Å². The van der Waals surface area contributed by atoms with Crippen molar-refractivity contribution in [2.75, 3.05) is 12.3 Å². The second kappa shape index (κ2) is 9.01. The first kappa shape index (κ1) is 19.4. The van der Waals surface area contributed by atoms with Crippen LogP contribution in [0.1, 0.15) is 11.1 Å². The minimum absolute atomic E-state index is 0.0784. The van der Waals surface area contributed by atoms with Crippen LogP contribution in [-0.2, 0) is 11.3 Å². The molecule has 0 spiro atoms. The molecule has 7 heteroatoms. The molecule has 1 aromatic heterocycles. The molecule has 5 nitrogen and oxygen atoms in total. The summed E-state index contributed by atoms with van der Waals surface area (Å²) < 4.78 is 2.16. The highest BCUT2D eigenvalue weighted by atomic mass is 32.2. The van der Waals surface area contributed by atoms with Crippen molar-refractivity contribution in [3.63, 3.8) is 0 Å². The zero-order valence-electron chi connectivity index (χ0n) is 15.4.